The van der Waals surface area contributed by atoms with Crippen molar-refractivity contribution in [2.75, 3.05) is 37.6 Å². The van der Waals surface area contributed by atoms with Crippen LogP contribution in [0.5, 0.6) is 0 Å². The second kappa shape index (κ2) is 8.08. The summed E-state index contributed by atoms with van der Waals surface area (Å²) >= 11 is 0. The minimum absolute atomic E-state index is 0.183. The van der Waals surface area contributed by atoms with Crippen LogP contribution in [0, 0.1) is 0 Å². The van der Waals surface area contributed by atoms with Crippen molar-refractivity contribution in [2.45, 2.75) is 6.42 Å². The fourth-order valence-electron chi connectivity index (χ4n) is 3.38. The third-order valence-corrected chi connectivity index (χ3v) is 5.00. The number of fused-ring (bicyclic) bond motifs is 1. The first-order chi connectivity index (χ1) is 13.7. The molecule has 1 saturated heterocycles. The molecule has 2 aromatic heterocycles. The van der Waals surface area contributed by atoms with Crippen LogP contribution >= 0.6 is 0 Å². The van der Waals surface area contributed by atoms with E-state index < -0.39 is 0 Å². The summed E-state index contributed by atoms with van der Waals surface area (Å²) in [7, 11) is 0. The Hall–Kier alpha value is -3.42. The number of para-hydroxylation sites is 1. The summed E-state index contributed by atoms with van der Waals surface area (Å²) in [4.78, 5) is 38.7. The van der Waals surface area contributed by atoms with Crippen LogP contribution in [0.25, 0.3) is 10.9 Å². The molecule has 3 aromatic rings. The number of benzene rings is 1. The highest BCUT2D eigenvalue weighted by Crippen LogP contribution is 2.17. The minimum atomic E-state index is -0.183. The Morgan fingerprint density at radius 1 is 1.14 bits per heavy atom. The van der Waals surface area contributed by atoms with Crippen molar-refractivity contribution in [1.29, 1.82) is 0 Å². The number of piperazine rings is 1. The molecule has 0 atom stereocenters. The van der Waals surface area contributed by atoms with Gasteiger partial charge in [-0.15, -0.1) is 0 Å². The van der Waals surface area contributed by atoms with Crippen molar-refractivity contribution in [3.63, 3.8) is 0 Å². The predicted molar refractivity (Wildman–Crippen MR) is 106 cm³/mol. The Balaban J connectivity index is 1.30. The first-order valence-electron chi connectivity index (χ1n) is 9.34. The second-order valence-corrected chi connectivity index (χ2v) is 6.77. The Morgan fingerprint density at radius 2 is 1.89 bits per heavy atom. The lowest BCUT2D eigenvalue weighted by Crippen LogP contribution is -2.46. The van der Waals surface area contributed by atoms with Crippen LogP contribution < -0.4 is 10.2 Å². The van der Waals surface area contributed by atoms with E-state index in [4.69, 9.17) is 0 Å². The van der Waals surface area contributed by atoms with Gasteiger partial charge in [-0.25, -0.2) is 9.97 Å². The summed E-state index contributed by atoms with van der Waals surface area (Å²) in [5, 5.41) is 4.10. The van der Waals surface area contributed by atoms with Crippen LogP contribution in [-0.2, 0) is 11.2 Å². The molecule has 3 heterocycles. The number of anilines is 1. The second-order valence-electron chi connectivity index (χ2n) is 6.77. The van der Waals surface area contributed by atoms with Gasteiger partial charge in [-0.1, -0.05) is 18.2 Å². The highest BCUT2D eigenvalue weighted by Gasteiger charge is 2.18. The number of carbonyl (C=O) groups excluding carboxylic acids is 2. The van der Waals surface area contributed by atoms with Gasteiger partial charge in [0.15, 0.2) is 0 Å². The highest BCUT2D eigenvalue weighted by atomic mass is 16.1. The Labute approximate surface area is 162 Å². The largest absolute Gasteiger partial charge is 0.361 e. The highest BCUT2D eigenvalue weighted by molar-refractivity contribution is 5.93. The van der Waals surface area contributed by atoms with Gasteiger partial charge in [-0.3, -0.25) is 9.59 Å². The third-order valence-electron chi connectivity index (χ3n) is 5.00. The number of rotatable bonds is 6. The SMILES string of the molecule is O=CN1CCN(c2ncc(C(=O)NCCc3c[nH]c4ccccc34)cn2)CC1. The van der Waals surface area contributed by atoms with Crippen molar-refractivity contribution < 1.29 is 9.59 Å². The Morgan fingerprint density at radius 3 is 2.64 bits per heavy atom. The van der Waals surface area contributed by atoms with Crippen LogP contribution in [0.3, 0.4) is 0 Å². The number of nitrogens with one attached hydrogen (secondary N) is 2. The van der Waals surface area contributed by atoms with E-state index in [1.54, 1.807) is 17.3 Å². The number of hydrogen-bond donors (Lipinski definition) is 2. The molecule has 28 heavy (non-hydrogen) atoms. The number of nitrogens with zero attached hydrogens (tertiary/aromatic N) is 4. The molecule has 1 aromatic carbocycles. The molecule has 1 aliphatic heterocycles. The van der Waals surface area contributed by atoms with Crippen LogP contribution in [0.2, 0.25) is 0 Å². The van der Waals surface area contributed by atoms with Crippen LogP contribution in [-0.4, -0.2) is 64.9 Å². The monoisotopic (exact) mass is 378 g/mol. The zero-order valence-corrected chi connectivity index (χ0v) is 15.5. The molecule has 2 amide bonds. The average Bonchev–Trinajstić information content (AvgIpc) is 3.17. The molecule has 0 aliphatic carbocycles. The third kappa shape index (κ3) is 3.80. The molecule has 0 saturated carbocycles. The van der Waals surface area contributed by atoms with Crippen molar-refractivity contribution in [2.24, 2.45) is 0 Å². The molecular weight excluding hydrogens is 356 g/mol. The summed E-state index contributed by atoms with van der Waals surface area (Å²) < 4.78 is 0. The standard InChI is InChI=1S/C20H22N6O2/c27-14-25-7-9-26(10-8-25)20-23-12-16(13-24-20)19(28)21-6-5-15-11-22-18-4-2-1-3-17(15)18/h1-4,11-14,22H,5-10H2,(H,21,28). The van der Waals surface area contributed by atoms with Gasteiger partial charge in [0.1, 0.15) is 0 Å². The molecule has 1 fully saturated rings. The summed E-state index contributed by atoms with van der Waals surface area (Å²) in [6, 6.07) is 8.12. The van der Waals surface area contributed by atoms with Crippen LogP contribution in [0.1, 0.15) is 15.9 Å². The van der Waals surface area contributed by atoms with E-state index in [9.17, 15) is 9.59 Å². The molecule has 4 rings (SSSR count). The lowest BCUT2D eigenvalue weighted by molar-refractivity contribution is -0.118. The average molecular weight is 378 g/mol. The molecule has 0 radical (unpaired) electrons. The first-order valence-corrected chi connectivity index (χ1v) is 9.34. The molecule has 0 bridgehead atoms. The zero-order valence-electron chi connectivity index (χ0n) is 15.5. The smallest absolute Gasteiger partial charge is 0.254 e. The van der Waals surface area contributed by atoms with E-state index in [0.717, 1.165) is 18.3 Å². The lowest BCUT2D eigenvalue weighted by Gasteiger charge is -2.32. The van der Waals surface area contributed by atoms with Crippen LogP contribution in [0.15, 0.2) is 42.9 Å². The molecule has 144 valence electrons. The molecule has 0 unspecified atom stereocenters. The van der Waals surface area contributed by atoms with Gasteiger partial charge in [0.25, 0.3) is 5.91 Å². The first kappa shape index (κ1) is 18.0. The van der Waals surface area contributed by atoms with Crippen molar-refractivity contribution in [3.8, 4) is 0 Å². The van der Waals surface area contributed by atoms with E-state index in [1.165, 1.54) is 10.9 Å². The number of aromatic nitrogens is 3. The van der Waals surface area contributed by atoms with E-state index in [-0.39, 0.29) is 5.91 Å². The quantitative estimate of drug-likeness (QED) is 0.629. The number of H-pyrrole nitrogens is 1. The Kier molecular flexibility index (Phi) is 5.18. The molecule has 2 N–H and O–H groups in total. The normalized spacial score (nSPS) is 14.3. The van der Waals surface area contributed by atoms with E-state index in [0.29, 0.717) is 44.2 Å². The fourth-order valence-corrected chi connectivity index (χ4v) is 3.38. The van der Waals surface area contributed by atoms with Gasteiger partial charge >= 0.3 is 0 Å². The summed E-state index contributed by atoms with van der Waals surface area (Å²) in [6.45, 7) is 3.23. The van der Waals surface area contributed by atoms with E-state index in [1.807, 2.05) is 29.3 Å². The maximum atomic E-state index is 12.3. The summed E-state index contributed by atoms with van der Waals surface area (Å²) in [5.74, 6) is 0.401. The summed E-state index contributed by atoms with van der Waals surface area (Å²) in [5.41, 5.74) is 2.72. The summed E-state index contributed by atoms with van der Waals surface area (Å²) in [6.07, 6.45) is 6.70. The van der Waals surface area contributed by atoms with E-state index in [2.05, 4.69) is 26.3 Å². The minimum Gasteiger partial charge on any atom is -0.361 e. The molecule has 0 spiro atoms. The predicted octanol–water partition coefficient (Wildman–Crippen LogP) is 1.21. The number of amides is 2. The fraction of sp³-hybridized carbons (Fsp3) is 0.300. The topological polar surface area (TPSA) is 94.2 Å². The molecular formula is C20H22N6O2. The van der Waals surface area contributed by atoms with Gasteiger partial charge in [0.05, 0.1) is 5.56 Å². The number of carbonyl (C=O) groups is 2. The zero-order chi connectivity index (χ0) is 19.3. The lowest BCUT2D eigenvalue weighted by atomic mass is 10.1. The maximum absolute atomic E-state index is 12.3. The molecule has 8 nitrogen and oxygen atoms in total. The van der Waals surface area contributed by atoms with Crippen molar-refractivity contribution >= 4 is 29.2 Å². The van der Waals surface area contributed by atoms with Crippen LogP contribution in [0.4, 0.5) is 5.95 Å². The van der Waals surface area contributed by atoms with Gasteiger partial charge in [-0.05, 0) is 18.1 Å². The number of hydrogen-bond acceptors (Lipinski definition) is 5. The Bertz CT molecular complexity index is 960. The number of aromatic amines is 1. The van der Waals surface area contributed by atoms with Crippen molar-refractivity contribution in [1.82, 2.24) is 25.2 Å². The molecule has 8 heteroatoms. The van der Waals surface area contributed by atoms with Gasteiger partial charge < -0.3 is 20.1 Å². The maximum Gasteiger partial charge on any atom is 0.254 e. The van der Waals surface area contributed by atoms with Gasteiger partial charge in [-0.2, -0.15) is 0 Å². The van der Waals surface area contributed by atoms with Gasteiger partial charge in [0, 0.05) is 62.2 Å². The van der Waals surface area contributed by atoms with E-state index >= 15 is 0 Å². The molecule has 1 aliphatic rings. The van der Waals surface area contributed by atoms with Gasteiger partial charge in [0.2, 0.25) is 12.4 Å². The van der Waals surface area contributed by atoms with Crippen molar-refractivity contribution in [3.05, 3.63) is 54.0 Å².